The van der Waals surface area contributed by atoms with Crippen molar-refractivity contribution in [2.45, 2.75) is 13.1 Å². The van der Waals surface area contributed by atoms with Crippen LogP contribution in [0.4, 0.5) is 19.1 Å². The number of carbonyl (C=O) groups excluding carboxylic acids is 1. The van der Waals surface area contributed by atoms with E-state index in [0.717, 1.165) is 6.20 Å². The second-order valence-corrected chi connectivity index (χ2v) is 5.21. The first-order valence-electron chi connectivity index (χ1n) is 5.89. The van der Waals surface area contributed by atoms with Gasteiger partial charge in [-0.1, -0.05) is 0 Å². The topological polar surface area (TPSA) is 49.3 Å². The van der Waals surface area contributed by atoms with Crippen LogP contribution in [0.25, 0.3) is 0 Å². The Kier molecular flexibility index (Phi) is 4.17. The molecule has 0 aliphatic carbocycles. The number of rotatable bonds is 1. The van der Waals surface area contributed by atoms with Crippen molar-refractivity contribution in [2.24, 2.45) is 0 Å². The van der Waals surface area contributed by atoms with Crippen LogP contribution >= 0.6 is 15.9 Å². The largest absolute Gasteiger partial charge is 0.434 e. The molecule has 0 unspecified atom stereocenters. The maximum Gasteiger partial charge on any atom is 0.434 e. The van der Waals surface area contributed by atoms with E-state index in [4.69, 9.17) is 0 Å². The summed E-state index contributed by atoms with van der Waals surface area (Å²) in [5.41, 5.74) is -0.989. The van der Waals surface area contributed by atoms with E-state index in [1.54, 1.807) is 9.80 Å². The van der Waals surface area contributed by atoms with Gasteiger partial charge >= 0.3 is 6.18 Å². The second kappa shape index (κ2) is 5.55. The first-order valence-corrected chi connectivity index (χ1v) is 6.68. The van der Waals surface area contributed by atoms with Crippen molar-refractivity contribution in [3.8, 4) is 0 Å². The highest BCUT2D eigenvalue weighted by atomic mass is 79.9. The lowest BCUT2D eigenvalue weighted by molar-refractivity contribution is -0.141. The Morgan fingerprint density at radius 3 is 2.40 bits per heavy atom. The van der Waals surface area contributed by atoms with E-state index in [9.17, 15) is 18.0 Å². The van der Waals surface area contributed by atoms with Crippen LogP contribution in [0.15, 0.2) is 10.7 Å². The molecule has 0 N–H and O–H groups in total. The first-order chi connectivity index (χ1) is 9.29. The highest BCUT2D eigenvalue weighted by Gasteiger charge is 2.36. The molecule has 1 amide bonds. The van der Waals surface area contributed by atoms with E-state index in [2.05, 4.69) is 25.9 Å². The van der Waals surface area contributed by atoms with Crippen LogP contribution in [0.5, 0.6) is 0 Å². The van der Waals surface area contributed by atoms with Crippen molar-refractivity contribution in [1.82, 2.24) is 14.9 Å². The van der Waals surface area contributed by atoms with Crippen LogP contribution in [0.2, 0.25) is 0 Å². The SMILES string of the molecule is CC(=O)N1CCN(c2ncc(Br)c(C(F)(F)F)n2)CC1. The van der Waals surface area contributed by atoms with Crippen LogP contribution < -0.4 is 4.90 Å². The molecule has 1 aliphatic rings. The van der Waals surface area contributed by atoms with Gasteiger partial charge in [0.1, 0.15) is 0 Å². The Bertz CT molecular complexity index is 515. The van der Waals surface area contributed by atoms with Gasteiger partial charge in [0.05, 0.1) is 4.47 Å². The van der Waals surface area contributed by atoms with Gasteiger partial charge in [0, 0.05) is 39.3 Å². The Labute approximate surface area is 121 Å². The lowest BCUT2D eigenvalue weighted by Gasteiger charge is -2.34. The molecule has 1 fully saturated rings. The normalized spacial score (nSPS) is 16.4. The van der Waals surface area contributed by atoms with Crippen molar-refractivity contribution >= 4 is 27.8 Å². The summed E-state index contributed by atoms with van der Waals surface area (Å²) >= 11 is 2.80. The number of piperazine rings is 1. The van der Waals surface area contributed by atoms with Crippen LogP contribution in [0.3, 0.4) is 0 Å². The minimum Gasteiger partial charge on any atom is -0.339 e. The molecule has 1 aromatic rings. The molecule has 1 aliphatic heterocycles. The summed E-state index contributed by atoms with van der Waals surface area (Å²) in [6.45, 7) is 3.21. The number of anilines is 1. The van der Waals surface area contributed by atoms with E-state index in [0.29, 0.717) is 26.2 Å². The number of carbonyl (C=O) groups is 1. The van der Waals surface area contributed by atoms with Gasteiger partial charge in [0.25, 0.3) is 0 Å². The molecule has 0 aromatic carbocycles. The van der Waals surface area contributed by atoms with E-state index < -0.39 is 11.9 Å². The van der Waals surface area contributed by atoms with Gasteiger partial charge in [0.2, 0.25) is 11.9 Å². The standard InChI is InChI=1S/C11H12BrF3N4O/c1-7(20)18-2-4-19(5-3-18)10-16-6-8(12)9(17-10)11(13,14)15/h6H,2-5H2,1H3. The Balaban J connectivity index is 2.17. The van der Waals surface area contributed by atoms with Gasteiger partial charge in [-0.3, -0.25) is 4.79 Å². The predicted molar refractivity (Wildman–Crippen MR) is 69.2 cm³/mol. The summed E-state index contributed by atoms with van der Waals surface area (Å²) in [5, 5.41) is 0. The summed E-state index contributed by atoms with van der Waals surface area (Å²) in [6.07, 6.45) is -3.43. The van der Waals surface area contributed by atoms with Crippen LogP contribution in [0.1, 0.15) is 12.6 Å². The molecule has 1 aromatic heterocycles. The molecule has 1 saturated heterocycles. The summed E-state index contributed by atoms with van der Waals surface area (Å²) in [6, 6.07) is 0. The Hall–Kier alpha value is -1.38. The molecular weight excluding hydrogens is 341 g/mol. The van der Waals surface area contributed by atoms with Gasteiger partial charge in [-0.25, -0.2) is 9.97 Å². The zero-order chi connectivity index (χ0) is 14.9. The number of hydrogen-bond acceptors (Lipinski definition) is 4. The quantitative estimate of drug-likeness (QED) is 0.774. The number of aromatic nitrogens is 2. The average Bonchev–Trinajstić information content (AvgIpc) is 2.38. The smallest absolute Gasteiger partial charge is 0.339 e. The fraction of sp³-hybridized carbons (Fsp3) is 0.545. The van der Waals surface area contributed by atoms with E-state index >= 15 is 0 Å². The first kappa shape index (κ1) is 15.0. The highest BCUT2D eigenvalue weighted by Crippen LogP contribution is 2.33. The lowest BCUT2D eigenvalue weighted by atomic mass is 10.3. The summed E-state index contributed by atoms with van der Waals surface area (Å²) in [4.78, 5) is 22.0. The van der Waals surface area contributed by atoms with Crippen LogP contribution in [-0.4, -0.2) is 47.0 Å². The number of alkyl halides is 3. The average molecular weight is 353 g/mol. The lowest BCUT2D eigenvalue weighted by Crippen LogP contribution is -2.48. The molecule has 0 atom stereocenters. The van der Waals surface area contributed by atoms with Crippen molar-refractivity contribution in [2.75, 3.05) is 31.1 Å². The van der Waals surface area contributed by atoms with Crippen LogP contribution in [0, 0.1) is 0 Å². The molecule has 2 heterocycles. The van der Waals surface area contributed by atoms with E-state index in [1.807, 2.05) is 0 Å². The van der Waals surface area contributed by atoms with E-state index in [1.165, 1.54) is 6.92 Å². The summed E-state index contributed by atoms with van der Waals surface area (Å²) < 4.78 is 38.1. The zero-order valence-electron chi connectivity index (χ0n) is 10.6. The molecule has 0 radical (unpaired) electrons. The molecule has 0 bridgehead atoms. The summed E-state index contributed by atoms with van der Waals surface area (Å²) in [7, 11) is 0. The summed E-state index contributed by atoms with van der Waals surface area (Å²) in [5.74, 6) is -0.0129. The molecule has 110 valence electrons. The van der Waals surface area contributed by atoms with Gasteiger partial charge < -0.3 is 9.80 Å². The minimum atomic E-state index is -4.53. The van der Waals surface area contributed by atoms with Gasteiger partial charge in [-0.05, 0) is 15.9 Å². The van der Waals surface area contributed by atoms with Crippen molar-refractivity contribution in [3.63, 3.8) is 0 Å². The third kappa shape index (κ3) is 3.20. The second-order valence-electron chi connectivity index (χ2n) is 4.36. The minimum absolute atomic E-state index is 0.0312. The molecule has 5 nitrogen and oxygen atoms in total. The monoisotopic (exact) mass is 352 g/mol. The molecule has 9 heteroatoms. The molecule has 0 spiro atoms. The number of hydrogen-bond donors (Lipinski definition) is 0. The van der Waals surface area contributed by atoms with Crippen molar-refractivity contribution in [1.29, 1.82) is 0 Å². The van der Waals surface area contributed by atoms with Crippen molar-refractivity contribution in [3.05, 3.63) is 16.4 Å². The van der Waals surface area contributed by atoms with E-state index in [-0.39, 0.29) is 16.3 Å². The number of halogens is 4. The van der Waals surface area contributed by atoms with Crippen LogP contribution in [-0.2, 0) is 11.0 Å². The molecule has 0 saturated carbocycles. The van der Waals surface area contributed by atoms with Gasteiger partial charge in [0.15, 0.2) is 5.69 Å². The number of amides is 1. The van der Waals surface area contributed by atoms with Gasteiger partial charge in [-0.15, -0.1) is 0 Å². The molecule has 20 heavy (non-hydrogen) atoms. The fourth-order valence-electron chi connectivity index (χ4n) is 1.93. The predicted octanol–water partition coefficient (Wildman–Crippen LogP) is 1.93. The Morgan fingerprint density at radius 1 is 1.30 bits per heavy atom. The highest BCUT2D eigenvalue weighted by molar-refractivity contribution is 9.10. The maximum atomic E-state index is 12.8. The maximum absolute atomic E-state index is 12.8. The third-order valence-corrected chi connectivity index (χ3v) is 3.59. The van der Waals surface area contributed by atoms with Crippen molar-refractivity contribution < 1.29 is 18.0 Å². The zero-order valence-corrected chi connectivity index (χ0v) is 12.2. The Morgan fingerprint density at radius 2 is 1.90 bits per heavy atom. The third-order valence-electron chi connectivity index (χ3n) is 3.01. The fourth-order valence-corrected chi connectivity index (χ4v) is 2.35. The van der Waals surface area contributed by atoms with Gasteiger partial charge in [-0.2, -0.15) is 13.2 Å². The molecular formula is C11H12BrF3N4O. The molecule has 2 rings (SSSR count). The number of nitrogens with zero attached hydrogens (tertiary/aromatic N) is 4.